The Labute approximate surface area is 58.4 Å². The van der Waals surface area contributed by atoms with Crippen molar-refractivity contribution in [1.29, 1.82) is 0 Å². The summed E-state index contributed by atoms with van der Waals surface area (Å²) in [6, 6.07) is 0. The van der Waals surface area contributed by atoms with Crippen LogP contribution in [0.1, 0.15) is 6.92 Å². The van der Waals surface area contributed by atoms with Crippen LogP contribution in [0, 0.1) is 0 Å². The Kier molecular flexibility index (Phi) is 2.23. The first-order valence-corrected chi connectivity index (χ1v) is 3.25. The molecule has 1 rings (SSSR count). The number of hydrogen-bond acceptors (Lipinski definition) is 3. The molecule has 0 bridgehead atoms. The summed E-state index contributed by atoms with van der Waals surface area (Å²) in [4.78, 5) is 0. The van der Waals surface area contributed by atoms with Crippen LogP contribution >= 0.6 is 0 Å². The average molecular weight is 150 g/mol. The molecule has 10 heavy (non-hydrogen) atoms. The zero-order valence-electron chi connectivity index (χ0n) is 5.70. The molecule has 4 heteroatoms. The molecule has 1 fully saturated rings. The quantitative estimate of drug-likeness (QED) is 0.528. The number of hydrogen-bond donors (Lipinski definition) is 2. The summed E-state index contributed by atoms with van der Waals surface area (Å²) in [6.45, 7) is 1.20. The van der Waals surface area contributed by atoms with Crippen molar-refractivity contribution in [2.45, 2.75) is 31.4 Å². The monoisotopic (exact) mass is 150 g/mol. The van der Waals surface area contributed by atoms with Crippen LogP contribution in [-0.4, -0.2) is 41.3 Å². The van der Waals surface area contributed by atoms with Crippen molar-refractivity contribution in [1.82, 2.24) is 0 Å². The molecular weight excluding hydrogens is 139 g/mol. The van der Waals surface area contributed by atoms with Gasteiger partial charge in [0.05, 0.1) is 12.7 Å². The first-order valence-electron chi connectivity index (χ1n) is 3.25. The van der Waals surface area contributed by atoms with E-state index in [1.165, 1.54) is 6.92 Å². The van der Waals surface area contributed by atoms with E-state index in [2.05, 4.69) is 0 Å². The molecule has 1 heterocycles. The standard InChI is InChI=1S/C6H11FO3/c1-3-5(7)6(9)4(2-8)10-3/h3-6,8-9H,2H2,1H3/t3?,4-,5?,6+/m1/s1. The Bertz CT molecular complexity index is 120. The normalized spacial score (nSPS) is 48.0. The van der Waals surface area contributed by atoms with Crippen molar-refractivity contribution in [2.24, 2.45) is 0 Å². The first kappa shape index (κ1) is 7.91. The minimum Gasteiger partial charge on any atom is -0.394 e. The highest BCUT2D eigenvalue weighted by Gasteiger charge is 2.40. The van der Waals surface area contributed by atoms with E-state index in [1.54, 1.807) is 0 Å². The third-order valence-electron chi connectivity index (χ3n) is 1.73. The van der Waals surface area contributed by atoms with Gasteiger partial charge in [-0.15, -0.1) is 0 Å². The van der Waals surface area contributed by atoms with Gasteiger partial charge in [0.15, 0.2) is 6.17 Å². The number of aliphatic hydroxyl groups excluding tert-OH is 2. The van der Waals surface area contributed by atoms with Crippen LogP contribution in [0.25, 0.3) is 0 Å². The summed E-state index contributed by atoms with van der Waals surface area (Å²) >= 11 is 0. The fourth-order valence-electron chi connectivity index (χ4n) is 1.07. The Morgan fingerprint density at radius 1 is 1.60 bits per heavy atom. The van der Waals surface area contributed by atoms with E-state index in [0.717, 1.165) is 0 Å². The molecule has 1 aliphatic rings. The molecule has 0 radical (unpaired) electrons. The van der Waals surface area contributed by atoms with Gasteiger partial charge in [-0.25, -0.2) is 4.39 Å². The molecule has 2 unspecified atom stereocenters. The van der Waals surface area contributed by atoms with Gasteiger partial charge in [-0.3, -0.25) is 0 Å². The van der Waals surface area contributed by atoms with Crippen molar-refractivity contribution in [3.05, 3.63) is 0 Å². The minimum atomic E-state index is -1.36. The van der Waals surface area contributed by atoms with Gasteiger partial charge in [-0.2, -0.15) is 0 Å². The highest BCUT2D eigenvalue weighted by atomic mass is 19.1. The zero-order chi connectivity index (χ0) is 7.72. The number of alkyl halides is 1. The molecular formula is C6H11FO3. The van der Waals surface area contributed by atoms with E-state index in [-0.39, 0.29) is 6.61 Å². The molecule has 60 valence electrons. The van der Waals surface area contributed by atoms with E-state index in [1.807, 2.05) is 0 Å². The van der Waals surface area contributed by atoms with Crippen molar-refractivity contribution >= 4 is 0 Å². The fourth-order valence-corrected chi connectivity index (χ4v) is 1.07. The maximum absolute atomic E-state index is 12.7. The highest BCUT2D eigenvalue weighted by molar-refractivity contribution is 4.88. The smallest absolute Gasteiger partial charge is 0.154 e. The van der Waals surface area contributed by atoms with Crippen LogP contribution in [0.4, 0.5) is 4.39 Å². The van der Waals surface area contributed by atoms with Gasteiger partial charge >= 0.3 is 0 Å². The SMILES string of the molecule is CC1O[C@H](CO)[C@H](O)C1F. The number of rotatable bonds is 1. The molecule has 0 aliphatic carbocycles. The van der Waals surface area contributed by atoms with E-state index in [9.17, 15) is 4.39 Å². The van der Waals surface area contributed by atoms with Crippen LogP contribution in [0.5, 0.6) is 0 Å². The number of aliphatic hydroxyl groups is 2. The van der Waals surface area contributed by atoms with Crippen molar-refractivity contribution in [2.75, 3.05) is 6.61 Å². The molecule has 1 aliphatic heterocycles. The summed E-state index contributed by atoms with van der Waals surface area (Å²) in [5, 5.41) is 17.5. The van der Waals surface area contributed by atoms with E-state index in [4.69, 9.17) is 14.9 Å². The first-order chi connectivity index (χ1) is 4.66. The molecule has 0 aromatic carbocycles. The third-order valence-corrected chi connectivity index (χ3v) is 1.73. The summed E-state index contributed by atoms with van der Waals surface area (Å²) in [5.74, 6) is 0. The van der Waals surface area contributed by atoms with Gasteiger partial charge in [-0.1, -0.05) is 0 Å². The minimum absolute atomic E-state index is 0.327. The number of ether oxygens (including phenoxy) is 1. The maximum atomic E-state index is 12.7. The Hall–Kier alpha value is -0.190. The van der Waals surface area contributed by atoms with Crippen molar-refractivity contribution in [3.8, 4) is 0 Å². The molecule has 1 saturated heterocycles. The lowest BCUT2D eigenvalue weighted by molar-refractivity contribution is -0.0171. The van der Waals surface area contributed by atoms with Gasteiger partial charge in [0.2, 0.25) is 0 Å². The number of halogens is 1. The second kappa shape index (κ2) is 2.82. The van der Waals surface area contributed by atoms with Gasteiger partial charge in [0.25, 0.3) is 0 Å². The van der Waals surface area contributed by atoms with Crippen LogP contribution in [0.2, 0.25) is 0 Å². The van der Waals surface area contributed by atoms with Crippen LogP contribution in [0.3, 0.4) is 0 Å². The molecule has 0 spiro atoms. The van der Waals surface area contributed by atoms with Gasteiger partial charge in [-0.05, 0) is 6.92 Å². The Morgan fingerprint density at radius 2 is 2.20 bits per heavy atom. The Balaban J connectivity index is 2.53. The van der Waals surface area contributed by atoms with Crippen LogP contribution < -0.4 is 0 Å². The summed E-state index contributed by atoms with van der Waals surface area (Å²) in [5.41, 5.74) is 0. The average Bonchev–Trinajstić information content (AvgIpc) is 2.17. The molecule has 0 saturated carbocycles. The molecule has 0 aromatic heterocycles. The van der Waals surface area contributed by atoms with Gasteiger partial charge in [0, 0.05) is 0 Å². The maximum Gasteiger partial charge on any atom is 0.154 e. The predicted molar refractivity (Wildman–Crippen MR) is 32.3 cm³/mol. The summed E-state index contributed by atoms with van der Waals surface area (Å²) in [6.07, 6.45) is -3.88. The Morgan fingerprint density at radius 3 is 2.40 bits per heavy atom. The molecule has 2 N–H and O–H groups in total. The molecule has 3 nitrogen and oxygen atoms in total. The lowest BCUT2D eigenvalue weighted by atomic mass is 10.1. The lowest BCUT2D eigenvalue weighted by Crippen LogP contribution is -2.30. The van der Waals surface area contributed by atoms with Crippen LogP contribution in [0.15, 0.2) is 0 Å². The molecule has 0 aromatic rings. The topological polar surface area (TPSA) is 49.7 Å². The van der Waals surface area contributed by atoms with Gasteiger partial charge < -0.3 is 14.9 Å². The third kappa shape index (κ3) is 1.14. The van der Waals surface area contributed by atoms with Crippen molar-refractivity contribution < 1.29 is 19.3 Å². The summed E-state index contributed by atoms with van der Waals surface area (Å²) in [7, 11) is 0. The fraction of sp³-hybridized carbons (Fsp3) is 1.00. The van der Waals surface area contributed by atoms with E-state index >= 15 is 0 Å². The van der Waals surface area contributed by atoms with Crippen LogP contribution in [-0.2, 0) is 4.74 Å². The molecule has 0 amide bonds. The van der Waals surface area contributed by atoms with E-state index in [0.29, 0.717) is 0 Å². The largest absolute Gasteiger partial charge is 0.394 e. The second-order valence-electron chi connectivity index (χ2n) is 2.50. The summed E-state index contributed by atoms with van der Waals surface area (Å²) < 4.78 is 17.5. The predicted octanol–water partition coefficient (Wildman–Crippen LogP) is -0.535. The highest BCUT2D eigenvalue weighted by Crippen LogP contribution is 2.22. The van der Waals surface area contributed by atoms with E-state index < -0.39 is 24.5 Å². The lowest BCUT2D eigenvalue weighted by Gasteiger charge is -2.09. The van der Waals surface area contributed by atoms with Gasteiger partial charge in [0.1, 0.15) is 12.2 Å². The molecule has 4 atom stereocenters. The van der Waals surface area contributed by atoms with Crippen molar-refractivity contribution in [3.63, 3.8) is 0 Å². The second-order valence-corrected chi connectivity index (χ2v) is 2.50. The zero-order valence-corrected chi connectivity index (χ0v) is 5.70.